The Kier molecular flexibility index (Phi) is 6.09. The first-order chi connectivity index (χ1) is 11.6. The SMILES string of the molecule is CC(C)c1ccc(/C=N/NC(=O)COc2ccc(C#N)cc2)cc1. The van der Waals surface area contributed by atoms with Crippen LogP contribution in [0.15, 0.2) is 53.6 Å². The van der Waals surface area contributed by atoms with Crippen molar-refractivity contribution in [3.8, 4) is 11.8 Å². The van der Waals surface area contributed by atoms with Crippen LogP contribution in [0.3, 0.4) is 0 Å². The fraction of sp³-hybridized carbons (Fsp3) is 0.211. The molecular weight excluding hydrogens is 302 g/mol. The number of hydrogen-bond acceptors (Lipinski definition) is 4. The van der Waals surface area contributed by atoms with E-state index in [1.807, 2.05) is 30.3 Å². The van der Waals surface area contributed by atoms with Crippen molar-refractivity contribution in [2.24, 2.45) is 5.10 Å². The minimum atomic E-state index is -0.352. The third kappa shape index (κ3) is 5.25. The second-order valence-electron chi connectivity index (χ2n) is 5.54. The largest absolute Gasteiger partial charge is 0.484 e. The summed E-state index contributed by atoms with van der Waals surface area (Å²) in [7, 11) is 0. The maximum Gasteiger partial charge on any atom is 0.277 e. The van der Waals surface area contributed by atoms with Gasteiger partial charge in [0.05, 0.1) is 17.8 Å². The Bertz CT molecular complexity index is 742. The summed E-state index contributed by atoms with van der Waals surface area (Å²) in [6, 6.07) is 16.6. The molecular formula is C19H19N3O2. The number of nitriles is 1. The number of hydrazone groups is 1. The van der Waals surface area contributed by atoms with Crippen molar-refractivity contribution in [3.05, 3.63) is 65.2 Å². The van der Waals surface area contributed by atoms with Crippen molar-refractivity contribution in [1.82, 2.24) is 5.43 Å². The monoisotopic (exact) mass is 321 g/mol. The van der Waals surface area contributed by atoms with Crippen LogP contribution in [0.1, 0.15) is 36.5 Å². The van der Waals surface area contributed by atoms with Crippen LogP contribution >= 0.6 is 0 Å². The summed E-state index contributed by atoms with van der Waals surface area (Å²) in [5.41, 5.74) is 5.12. The molecule has 0 unspecified atom stereocenters. The van der Waals surface area contributed by atoms with Crippen molar-refractivity contribution in [2.75, 3.05) is 6.61 Å². The molecule has 0 aromatic heterocycles. The zero-order valence-corrected chi connectivity index (χ0v) is 13.7. The molecule has 5 heteroatoms. The number of carbonyl (C=O) groups excluding carboxylic acids is 1. The highest BCUT2D eigenvalue weighted by atomic mass is 16.5. The van der Waals surface area contributed by atoms with Crippen LogP contribution < -0.4 is 10.2 Å². The molecule has 2 aromatic rings. The second-order valence-corrected chi connectivity index (χ2v) is 5.54. The molecule has 1 N–H and O–H groups in total. The van der Waals surface area contributed by atoms with Gasteiger partial charge < -0.3 is 4.74 Å². The lowest BCUT2D eigenvalue weighted by atomic mass is 10.0. The van der Waals surface area contributed by atoms with Crippen LogP contribution in [0.2, 0.25) is 0 Å². The van der Waals surface area contributed by atoms with Crippen molar-refractivity contribution in [1.29, 1.82) is 5.26 Å². The van der Waals surface area contributed by atoms with E-state index in [-0.39, 0.29) is 12.5 Å². The molecule has 0 aliphatic rings. The molecule has 1 amide bonds. The number of ether oxygens (including phenoxy) is 1. The Labute approximate surface area is 141 Å². The van der Waals surface area contributed by atoms with Gasteiger partial charge in [-0.1, -0.05) is 38.1 Å². The number of amides is 1. The molecule has 0 heterocycles. The van der Waals surface area contributed by atoms with Crippen molar-refractivity contribution >= 4 is 12.1 Å². The normalized spacial score (nSPS) is 10.6. The number of carbonyl (C=O) groups is 1. The summed E-state index contributed by atoms with van der Waals surface area (Å²) in [6.45, 7) is 4.13. The van der Waals surface area contributed by atoms with Crippen LogP contribution in [0.4, 0.5) is 0 Å². The third-order valence-electron chi connectivity index (χ3n) is 3.36. The van der Waals surface area contributed by atoms with Crippen LogP contribution in [0, 0.1) is 11.3 Å². The zero-order chi connectivity index (χ0) is 17.4. The van der Waals surface area contributed by atoms with Crippen molar-refractivity contribution in [2.45, 2.75) is 19.8 Å². The Balaban J connectivity index is 1.78. The zero-order valence-electron chi connectivity index (χ0n) is 13.7. The smallest absolute Gasteiger partial charge is 0.277 e. The molecule has 0 spiro atoms. The lowest BCUT2D eigenvalue weighted by molar-refractivity contribution is -0.123. The molecule has 0 aliphatic carbocycles. The predicted molar refractivity (Wildman–Crippen MR) is 92.9 cm³/mol. The minimum Gasteiger partial charge on any atom is -0.484 e. The highest BCUT2D eigenvalue weighted by Gasteiger charge is 2.02. The molecule has 24 heavy (non-hydrogen) atoms. The number of nitrogens with one attached hydrogen (secondary N) is 1. The lowest BCUT2D eigenvalue weighted by Gasteiger charge is -2.05. The van der Waals surface area contributed by atoms with Gasteiger partial charge >= 0.3 is 0 Å². The van der Waals surface area contributed by atoms with Gasteiger partial charge in [0.1, 0.15) is 5.75 Å². The predicted octanol–water partition coefficient (Wildman–Crippen LogP) is 3.21. The summed E-state index contributed by atoms with van der Waals surface area (Å²) in [5.74, 6) is 0.655. The van der Waals surface area contributed by atoms with E-state index < -0.39 is 0 Å². The third-order valence-corrected chi connectivity index (χ3v) is 3.36. The Morgan fingerprint density at radius 3 is 2.46 bits per heavy atom. The highest BCUT2D eigenvalue weighted by molar-refractivity contribution is 5.82. The molecule has 0 fully saturated rings. The van der Waals surface area contributed by atoms with Gasteiger partial charge in [0, 0.05) is 0 Å². The van der Waals surface area contributed by atoms with Crippen LogP contribution in [-0.4, -0.2) is 18.7 Å². The van der Waals surface area contributed by atoms with Crippen molar-refractivity contribution in [3.63, 3.8) is 0 Å². The average molecular weight is 321 g/mol. The van der Waals surface area contributed by atoms with E-state index in [0.29, 0.717) is 17.2 Å². The van der Waals surface area contributed by atoms with Crippen molar-refractivity contribution < 1.29 is 9.53 Å². The van der Waals surface area contributed by atoms with E-state index in [1.165, 1.54) is 5.56 Å². The van der Waals surface area contributed by atoms with Gasteiger partial charge in [-0.25, -0.2) is 5.43 Å². The van der Waals surface area contributed by atoms with E-state index in [1.54, 1.807) is 30.5 Å². The molecule has 122 valence electrons. The molecule has 0 saturated heterocycles. The molecule has 0 radical (unpaired) electrons. The van der Waals surface area contributed by atoms with Gasteiger partial charge in [-0.2, -0.15) is 10.4 Å². The summed E-state index contributed by atoms with van der Waals surface area (Å²) in [6.07, 6.45) is 1.59. The van der Waals surface area contributed by atoms with Gasteiger partial charge in [0.2, 0.25) is 0 Å². The first kappa shape index (κ1) is 17.2. The van der Waals surface area contributed by atoms with Gasteiger partial charge in [0.15, 0.2) is 6.61 Å². The quantitative estimate of drug-likeness (QED) is 0.656. The minimum absolute atomic E-state index is 0.143. The van der Waals surface area contributed by atoms with Gasteiger partial charge in [-0.15, -0.1) is 0 Å². The Morgan fingerprint density at radius 2 is 1.88 bits per heavy atom. The maximum atomic E-state index is 11.7. The molecule has 2 aromatic carbocycles. The standard InChI is InChI=1S/C19H19N3O2/c1-14(2)17-7-3-16(4-8-17)12-21-22-19(23)13-24-18-9-5-15(11-20)6-10-18/h3-10,12,14H,13H2,1-2H3,(H,22,23)/b21-12+. The molecule has 0 saturated carbocycles. The van der Waals surface area contributed by atoms with E-state index in [4.69, 9.17) is 10.00 Å². The topological polar surface area (TPSA) is 74.5 Å². The van der Waals surface area contributed by atoms with E-state index in [9.17, 15) is 4.79 Å². The first-order valence-corrected chi connectivity index (χ1v) is 7.63. The molecule has 0 atom stereocenters. The first-order valence-electron chi connectivity index (χ1n) is 7.63. The van der Waals surface area contributed by atoms with E-state index >= 15 is 0 Å². The Hall–Kier alpha value is -3.13. The Morgan fingerprint density at radius 1 is 1.21 bits per heavy atom. The van der Waals surface area contributed by atoms with E-state index in [2.05, 4.69) is 24.4 Å². The van der Waals surface area contributed by atoms with Gasteiger partial charge in [0.25, 0.3) is 5.91 Å². The van der Waals surface area contributed by atoms with Gasteiger partial charge in [-0.3, -0.25) is 4.79 Å². The summed E-state index contributed by atoms with van der Waals surface area (Å²) >= 11 is 0. The fourth-order valence-electron chi connectivity index (χ4n) is 1.95. The number of benzene rings is 2. The molecule has 0 bridgehead atoms. The van der Waals surface area contributed by atoms with Crippen LogP contribution in [0.5, 0.6) is 5.75 Å². The number of rotatable bonds is 6. The second kappa shape index (κ2) is 8.49. The fourth-order valence-corrected chi connectivity index (χ4v) is 1.95. The van der Waals surface area contributed by atoms with Crippen LogP contribution in [0.25, 0.3) is 0 Å². The van der Waals surface area contributed by atoms with E-state index in [0.717, 1.165) is 5.56 Å². The molecule has 5 nitrogen and oxygen atoms in total. The lowest BCUT2D eigenvalue weighted by Crippen LogP contribution is -2.24. The number of nitrogens with zero attached hydrogens (tertiary/aromatic N) is 2. The summed E-state index contributed by atoms with van der Waals surface area (Å²) in [5, 5.41) is 12.6. The van der Waals surface area contributed by atoms with Gasteiger partial charge in [-0.05, 0) is 41.3 Å². The summed E-state index contributed by atoms with van der Waals surface area (Å²) in [4.78, 5) is 11.7. The summed E-state index contributed by atoms with van der Waals surface area (Å²) < 4.78 is 5.32. The highest BCUT2D eigenvalue weighted by Crippen LogP contribution is 2.14. The molecule has 0 aliphatic heterocycles. The van der Waals surface area contributed by atoms with Crippen LogP contribution in [-0.2, 0) is 4.79 Å². The number of hydrogen-bond donors (Lipinski definition) is 1. The molecule has 2 rings (SSSR count). The maximum absolute atomic E-state index is 11.7. The average Bonchev–Trinajstić information content (AvgIpc) is 2.61.